The third-order valence-electron chi connectivity index (χ3n) is 5.06. The molecular formula is C16H20N6O4S. The summed E-state index contributed by atoms with van der Waals surface area (Å²) >= 11 is 0. The van der Waals surface area contributed by atoms with Gasteiger partial charge in [-0.3, -0.25) is 4.79 Å². The molecule has 0 N–H and O–H groups in total. The largest absolute Gasteiger partial charge is 0.339 e. The van der Waals surface area contributed by atoms with Gasteiger partial charge in [0.1, 0.15) is 12.0 Å². The van der Waals surface area contributed by atoms with E-state index >= 15 is 0 Å². The molecule has 2 fully saturated rings. The highest BCUT2D eigenvalue weighted by molar-refractivity contribution is 7.88. The number of hydrogen-bond donors (Lipinski definition) is 0. The molecule has 0 bridgehead atoms. The summed E-state index contributed by atoms with van der Waals surface area (Å²) in [6.07, 6.45) is 5.47. The third-order valence-corrected chi connectivity index (χ3v) is 6.37. The molecule has 0 unspecified atom stereocenters. The van der Waals surface area contributed by atoms with Gasteiger partial charge in [-0.1, -0.05) is 5.16 Å². The van der Waals surface area contributed by atoms with Crippen molar-refractivity contribution in [1.29, 1.82) is 0 Å². The topological polar surface area (TPSA) is 122 Å². The van der Waals surface area contributed by atoms with E-state index in [1.807, 2.05) is 0 Å². The van der Waals surface area contributed by atoms with E-state index < -0.39 is 10.0 Å². The van der Waals surface area contributed by atoms with Crippen LogP contribution in [0.1, 0.15) is 46.9 Å². The van der Waals surface area contributed by atoms with Crippen LogP contribution in [0.25, 0.3) is 0 Å². The van der Waals surface area contributed by atoms with E-state index in [4.69, 9.17) is 4.52 Å². The van der Waals surface area contributed by atoms with Crippen LogP contribution in [-0.2, 0) is 10.0 Å². The maximum absolute atomic E-state index is 12.3. The zero-order valence-electron chi connectivity index (χ0n) is 14.9. The van der Waals surface area contributed by atoms with Gasteiger partial charge in [-0.15, -0.1) is 0 Å². The maximum Gasteiger partial charge on any atom is 0.272 e. The minimum Gasteiger partial charge on any atom is -0.339 e. The highest BCUT2D eigenvalue weighted by Crippen LogP contribution is 2.31. The first-order chi connectivity index (χ1) is 12.9. The molecule has 0 saturated carbocycles. The van der Waals surface area contributed by atoms with Gasteiger partial charge in [0.2, 0.25) is 15.9 Å². The quantitative estimate of drug-likeness (QED) is 0.725. The first-order valence-corrected chi connectivity index (χ1v) is 10.6. The molecule has 2 aromatic heterocycles. The molecule has 144 valence electrons. The van der Waals surface area contributed by atoms with Crippen LogP contribution in [0, 0.1) is 0 Å². The smallest absolute Gasteiger partial charge is 0.272 e. The summed E-state index contributed by atoms with van der Waals surface area (Å²) in [7, 11) is -3.15. The van der Waals surface area contributed by atoms with E-state index in [1.165, 1.54) is 23.1 Å². The fourth-order valence-electron chi connectivity index (χ4n) is 3.40. The minimum atomic E-state index is -3.15. The second-order valence-electron chi connectivity index (χ2n) is 6.93. The molecule has 1 amide bonds. The van der Waals surface area contributed by atoms with Crippen LogP contribution in [0.2, 0.25) is 0 Å². The Morgan fingerprint density at radius 1 is 1.22 bits per heavy atom. The van der Waals surface area contributed by atoms with Crippen molar-refractivity contribution in [2.45, 2.75) is 24.7 Å². The van der Waals surface area contributed by atoms with Crippen LogP contribution in [0.5, 0.6) is 0 Å². The molecule has 0 radical (unpaired) electrons. The Hall–Kier alpha value is -2.40. The van der Waals surface area contributed by atoms with Crippen LogP contribution < -0.4 is 0 Å². The van der Waals surface area contributed by atoms with Crippen molar-refractivity contribution < 1.29 is 17.7 Å². The van der Waals surface area contributed by atoms with Gasteiger partial charge in [-0.25, -0.2) is 22.7 Å². The van der Waals surface area contributed by atoms with E-state index in [0.29, 0.717) is 56.4 Å². The number of carbonyl (C=O) groups is 1. The monoisotopic (exact) mass is 392 g/mol. The lowest BCUT2D eigenvalue weighted by Crippen LogP contribution is -2.48. The molecular weight excluding hydrogens is 372 g/mol. The van der Waals surface area contributed by atoms with Crippen LogP contribution in [0.3, 0.4) is 0 Å². The summed E-state index contributed by atoms with van der Waals surface area (Å²) in [5.41, 5.74) is 0.368. The Morgan fingerprint density at radius 2 is 1.96 bits per heavy atom. The summed E-state index contributed by atoms with van der Waals surface area (Å²) in [6, 6.07) is 1.59. The zero-order valence-corrected chi connectivity index (χ0v) is 15.7. The highest BCUT2D eigenvalue weighted by atomic mass is 32.2. The minimum absolute atomic E-state index is 0.0214. The van der Waals surface area contributed by atoms with Gasteiger partial charge < -0.3 is 9.42 Å². The first kappa shape index (κ1) is 18.0. The summed E-state index contributed by atoms with van der Waals surface area (Å²) in [4.78, 5) is 26.2. The van der Waals surface area contributed by atoms with Gasteiger partial charge in [0.05, 0.1) is 12.2 Å². The maximum atomic E-state index is 12.3. The fraction of sp³-hybridized carbons (Fsp3) is 0.562. The molecule has 0 atom stereocenters. The summed E-state index contributed by atoms with van der Waals surface area (Å²) in [5, 5.41) is 4.08. The lowest BCUT2D eigenvalue weighted by molar-refractivity contribution is 0.0563. The summed E-state index contributed by atoms with van der Waals surface area (Å²) < 4.78 is 30.1. The number of rotatable bonds is 4. The Balaban J connectivity index is 1.33. The second kappa shape index (κ2) is 6.97. The molecule has 0 spiro atoms. The number of nitrogens with zero attached hydrogens (tertiary/aromatic N) is 6. The predicted molar refractivity (Wildman–Crippen MR) is 93.4 cm³/mol. The van der Waals surface area contributed by atoms with Gasteiger partial charge in [0, 0.05) is 38.3 Å². The molecule has 0 aliphatic carbocycles. The number of sulfonamides is 1. The lowest BCUT2D eigenvalue weighted by Gasteiger charge is -2.36. The third kappa shape index (κ3) is 3.69. The lowest BCUT2D eigenvalue weighted by atomic mass is 9.97. The molecule has 27 heavy (non-hydrogen) atoms. The van der Waals surface area contributed by atoms with Crippen LogP contribution in [0.15, 0.2) is 23.1 Å². The molecule has 4 heterocycles. The van der Waals surface area contributed by atoms with Gasteiger partial charge in [-0.2, -0.15) is 4.98 Å². The van der Waals surface area contributed by atoms with Crippen molar-refractivity contribution in [1.82, 2.24) is 29.3 Å². The number of aromatic nitrogens is 4. The van der Waals surface area contributed by atoms with Crippen molar-refractivity contribution in [3.63, 3.8) is 0 Å². The fourth-order valence-corrected chi connectivity index (χ4v) is 4.28. The predicted octanol–water partition coefficient (Wildman–Crippen LogP) is 0.238. The van der Waals surface area contributed by atoms with Crippen molar-refractivity contribution in [2.75, 3.05) is 32.4 Å². The molecule has 2 aliphatic heterocycles. The SMILES string of the molecule is CS(=O)(=O)N1CCC(c2noc(C3CN(C(=O)c4ccncn4)C3)n2)CC1. The Kier molecular flexibility index (Phi) is 4.64. The average molecular weight is 392 g/mol. The Morgan fingerprint density at radius 3 is 2.59 bits per heavy atom. The molecule has 2 aliphatic rings. The van der Waals surface area contributed by atoms with Crippen LogP contribution in [-0.4, -0.2) is 76.1 Å². The number of carbonyl (C=O) groups excluding carboxylic acids is 1. The molecule has 11 heteroatoms. The normalized spacial score (nSPS) is 19.8. The molecule has 10 nitrogen and oxygen atoms in total. The molecule has 2 saturated heterocycles. The Bertz CT molecular complexity index is 917. The van der Waals surface area contributed by atoms with E-state index in [0.717, 1.165) is 0 Å². The van der Waals surface area contributed by atoms with E-state index in [9.17, 15) is 13.2 Å². The molecule has 0 aromatic carbocycles. The van der Waals surface area contributed by atoms with Gasteiger partial charge >= 0.3 is 0 Å². The average Bonchev–Trinajstić information content (AvgIpc) is 3.10. The standard InChI is InChI=1S/C16H20N6O4S/c1-27(24,25)22-6-3-11(4-7-22)14-19-15(26-20-14)12-8-21(9-12)16(23)13-2-5-17-10-18-13/h2,5,10-12H,3-4,6-9H2,1H3. The van der Waals surface area contributed by atoms with Gasteiger partial charge in [0.25, 0.3) is 5.91 Å². The Labute approximate surface area is 156 Å². The van der Waals surface area contributed by atoms with Crippen molar-refractivity contribution in [2.24, 2.45) is 0 Å². The summed E-state index contributed by atoms with van der Waals surface area (Å²) in [5.74, 6) is 1.13. The van der Waals surface area contributed by atoms with E-state index in [1.54, 1.807) is 11.0 Å². The van der Waals surface area contributed by atoms with E-state index in [2.05, 4.69) is 20.1 Å². The molecule has 2 aromatic rings. The van der Waals surface area contributed by atoms with Crippen molar-refractivity contribution in [3.8, 4) is 0 Å². The van der Waals surface area contributed by atoms with Crippen molar-refractivity contribution in [3.05, 3.63) is 36.0 Å². The van der Waals surface area contributed by atoms with Gasteiger partial charge in [-0.05, 0) is 18.9 Å². The van der Waals surface area contributed by atoms with Crippen molar-refractivity contribution >= 4 is 15.9 Å². The highest BCUT2D eigenvalue weighted by Gasteiger charge is 2.37. The zero-order chi connectivity index (χ0) is 19.0. The number of amides is 1. The number of hydrogen-bond acceptors (Lipinski definition) is 8. The van der Waals surface area contributed by atoms with Gasteiger partial charge in [0.15, 0.2) is 5.82 Å². The van der Waals surface area contributed by atoms with Crippen LogP contribution in [0.4, 0.5) is 0 Å². The second-order valence-corrected chi connectivity index (χ2v) is 8.91. The number of likely N-dealkylation sites (tertiary alicyclic amines) is 1. The molecule has 4 rings (SSSR count). The summed E-state index contributed by atoms with van der Waals surface area (Å²) in [6.45, 7) is 1.96. The number of piperidine rings is 1. The van der Waals surface area contributed by atoms with Crippen LogP contribution >= 0.6 is 0 Å². The first-order valence-electron chi connectivity index (χ1n) is 8.75. The van der Waals surface area contributed by atoms with E-state index in [-0.39, 0.29) is 17.7 Å².